The molecule has 0 aromatic carbocycles. The van der Waals surface area contributed by atoms with Crippen LogP contribution in [0.4, 0.5) is 0 Å². The summed E-state index contributed by atoms with van der Waals surface area (Å²) in [5, 5.41) is 9.58. The van der Waals surface area contributed by atoms with E-state index in [2.05, 4.69) is 160 Å². The summed E-state index contributed by atoms with van der Waals surface area (Å²) in [6.45, 7) is 3.91. The monoisotopic (exact) mass is 839 g/mol. The van der Waals surface area contributed by atoms with Gasteiger partial charge in [0.25, 0.3) is 0 Å². The molecule has 0 aliphatic carbocycles. The lowest BCUT2D eigenvalue weighted by molar-refractivity contribution is -0.161. The molecule has 0 aliphatic rings. The van der Waals surface area contributed by atoms with Crippen LogP contribution in [0, 0.1) is 0 Å². The number of rotatable bonds is 41. The fourth-order valence-electron chi connectivity index (χ4n) is 5.77. The van der Waals surface area contributed by atoms with Crippen LogP contribution in [0.15, 0.2) is 146 Å². The van der Waals surface area contributed by atoms with Crippen molar-refractivity contribution in [1.82, 2.24) is 0 Å². The normalized spacial score (nSPS) is 13.6. The highest BCUT2D eigenvalue weighted by molar-refractivity contribution is 5.70. The molecule has 0 radical (unpaired) electrons. The van der Waals surface area contributed by atoms with Gasteiger partial charge in [0.15, 0.2) is 6.10 Å². The fourth-order valence-corrected chi connectivity index (χ4v) is 5.77. The maximum absolute atomic E-state index is 12.2. The molecule has 0 heterocycles. The molecule has 0 spiro atoms. The van der Waals surface area contributed by atoms with Crippen LogP contribution in [0.2, 0.25) is 0 Å². The standard InChI is InChI=1S/C56H86O5/c1-3-5-7-9-11-13-15-17-19-20-21-22-23-24-25-26-27-28-29-30-31-32-33-34-35-36-37-39-41-43-45-47-49-51-56(59)61-54(52-57)53-60-55(58)50-48-46-44-42-40-38-18-16-14-12-10-8-6-4-2/h5,7,10-13,16-19,21-22,24-25,27-28,30-31,33-34,36-37,41,43,54,57H,3-4,6,8-9,14-15,20,23,26,29,32,35,38-40,42,44-53H2,1-2H3/b7-5-,12-10-,13-11-,18-16-,19-17-,22-21-,25-24-,28-27-,31-30-,34-33-,37-36-,43-41-. The zero-order chi connectivity index (χ0) is 44.2. The Kier molecular flexibility index (Phi) is 46.7. The molecular formula is C56H86O5. The average Bonchev–Trinajstić information content (AvgIpc) is 3.26. The second-order valence-corrected chi connectivity index (χ2v) is 15.1. The second-order valence-electron chi connectivity index (χ2n) is 15.1. The lowest BCUT2D eigenvalue weighted by Crippen LogP contribution is -2.28. The Balaban J connectivity index is 3.74. The van der Waals surface area contributed by atoms with Crippen molar-refractivity contribution < 1.29 is 24.2 Å². The first kappa shape index (κ1) is 56.8. The molecule has 5 heteroatoms. The molecule has 1 unspecified atom stereocenters. The van der Waals surface area contributed by atoms with Crippen molar-refractivity contribution in [2.75, 3.05) is 13.2 Å². The van der Waals surface area contributed by atoms with Crippen molar-refractivity contribution in [3.05, 3.63) is 146 Å². The number of ether oxygens (including phenoxy) is 2. The maximum Gasteiger partial charge on any atom is 0.306 e. The average molecular weight is 839 g/mol. The first-order valence-corrected chi connectivity index (χ1v) is 23.9. The first-order chi connectivity index (χ1) is 30.1. The molecule has 0 amide bonds. The molecule has 0 rings (SSSR count). The van der Waals surface area contributed by atoms with Crippen LogP contribution in [0.5, 0.6) is 0 Å². The van der Waals surface area contributed by atoms with Crippen LogP contribution in [0.25, 0.3) is 0 Å². The number of unbranched alkanes of at least 4 members (excludes halogenated alkanes) is 9. The van der Waals surface area contributed by atoms with Gasteiger partial charge in [0, 0.05) is 12.8 Å². The minimum absolute atomic E-state index is 0.101. The fraction of sp³-hybridized carbons (Fsp3) is 0.536. The Morgan fingerprint density at radius 2 is 0.705 bits per heavy atom. The van der Waals surface area contributed by atoms with E-state index < -0.39 is 6.10 Å². The van der Waals surface area contributed by atoms with Crippen molar-refractivity contribution in [1.29, 1.82) is 0 Å². The van der Waals surface area contributed by atoms with Crippen molar-refractivity contribution >= 4 is 11.9 Å². The number of carbonyl (C=O) groups excluding carboxylic acids is 2. The van der Waals surface area contributed by atoms with E-state index in [9.17, 15) is 14.7 Å². The van der Waals surface area contributed by atoms with Gasteiger partial charge in [-0.05, 0) is 116 Å². The van der Waals surface area contributed by atoms with Crippen LogP contribution >= 0.6 is 0 Å². The highest BCUT2D eigenvalue weighted by Crippen LogP contribution is 2.10. The van der Waals surface area contributed by atoms with E-state index in [1.807, 2.05) is 0 Å². The third-order valence-corrected chi connectivity index (χ3v) is 9.37. The molecule has 5 nitrogen and oxygen atoms in total. The van der Waals surface area contributed by atoms with Gasteiger partial charge in [-0.25, -0.2) is 0 Å². The molecule has 0 aliphatic heterocycles. The zero-order valence-corrected chi connectivity index (χ0v) is 38.6. The number of hydrogen-bond donors (Lipinski definition) is 1. The number of aliphatic hydroxyl groups is 1. The summed E-state index contributed by atoms with van der Waals surface area (Å²) in [6, 6.07) is 0. The molecule has 61 heavy (non-hydrogen) atoms. The summed E-state index contributed by atoms with van der Waals surface area (Å²) in [5.74, 6) is -0.673. The molecule has 1 N–H and O–H groups in total. The molecular weight excluding hydrogens is 753 g/mol. The van der Waals surface area contributed by atoms with Gasteiger partial charge in [-0.1, -0.05) is 192 Å². The third kappa shape index (κ3) is 48.3. The Morgan fingerprint density at radius 1 is 0.393 bits per heavy atom. The Bertz CT molecular complexity index is 1360. The largest absolute Gasteiger partial charge is 0.462 e. The molecule has 0 aromatic rings. The van der Waals surface area contributed by atoms with Crippen LogP contribution in [0.3, 0.4) is 0 Å². The maximum atomic E-state index is 12.2. The van der Waals surface area contributed by atoms with Gasteiger partial charge < -0.3 is 14.6 Å². The van der Waals surface area contributed by atoms with E-state index in [-0.39, 0.29) is 31.6 Å². The molecule has 0 saturated carbocycles. The summed E-state index contributed by atoms with van der Waals surface area (Å²) >= 11 is 0. The Hall–Kier alpha value is -4.22. The topological polar surface area (TPSA) is 72.8 Å². The molecule has 0 fully saturated rings. The number of esters is 2. The lowest BCUT2D eigenvalue weighted by atomic mass is 10.1. The van der Waals surface area contributed by atoms with Crippen molar-refractivity contribution in [2.24, 2.45) is 0 Å². The van der Waals surface area contributed by atoms with Crippen LogP contribution in [-0.4, -0.2) is 36.4 Å². The summed E-state index contributed by atoms with van der Waals surface area (Å²) < 4.78 is 10.6. The zero-order valence-electron chi connectivity index (χ0n) is 38.6. The molecule has 0 saturated heterocycles. The Morgan fingerprint density at radius 3 is 1.10 bits per heavy atom. The molecule has 0 bridgehead atoms. The number of aliphatic hydroxyl groups excluding tert-OH is 1. The quantitative estimate of drug-likeness (QED) is 0.0377. The summed E-state index contributed by atoms with van der Waals surface area (Å²) in [6.07, 6.45) is 76.4. The Labute approximate surface area is 374 Å². The summed E-state index contributed by atoms with van der Waals surface area (Å²) in [4.78, 5) is 24.3. The van der Waals surface area contributed by atoms with Gasteiger partial charge in [0.1, 0.15) is 6.61 Å². The predicted octanol–water partition coefficient (Wildman–Crippen LogP) is 15.9. The minimum atomic E-state index is -0.812. The van der Waals surface area contributed by atoms with E-state index in [0.717, 1.165) is 116 Å². The number of allylic oxidation sites excluding steroid dienone is 24. The highest BCUT2D eigenvalue weighted by atomic mass is 16.6. The van der Waals surface area contributed by atoms with Gasteiger partial charge in [-0.3, -0.25) is 9.59 Å². The summed E-state index contributed by atoms with van der Waals surface area (Å²) in [5.41, 5.74) is 0. The highest BCUT2D eigenvalue weighted by Gasteiger charge is 2.16. The predicted molar refractivity (Wildman–Crippen MR) is 264 cm³/mol. The van der Waals surface area contributed by atoms with E-state index in [1.54, 1.807) is 0 Å². The third-order valence-electron chi connectivity index (χ3n) is 9.37. The van der Waals surface area contributed by atoms with Crippen molar-refractivity contribution in [3.63, 3.8) is 0 Å². The second kappa shape index (κ2) is 50.1. The van der Waals surface area contributed by atoms with Gasteiger partial charge in [0.2, 0.25) is 0 Å². The van der Waals surface area contributed by atoms with E-state index in [0.29, 0.717) is 12.8 Å². The summed E-state index contributed by atoms with van der Waals surface area (Å²) in [7, 11) is 0. The number of carbonyl (C=O) groups is 2. The van der Waals surface area contributed by atoms with Gasteiger partial charge in [-0.2, -0.15) is 0 Å². The van der Waals surface area contributed by atoms with Crippen LogP contribution in [0.1, 0.15) is 174 Å². The van der Waals surface area contributed by atoms with E-state index >= 15 is 0 Å². The van der Waals surface area contributed by atoms with Crippen LogP contribution in [-0.2, 0) is 19.1 Å². The van der Waals surface area contributed by atoms with Gasteiger partial charge in [-0.15, -0.1) is 0 Å². The minimum Gasteiger partial charge on any atom is -0.462 e. The van der Waals surface area contributed by atoms with Crippen molar-refractivity contribution in [3.8, 4) is 0 Å². The van der Waals surface area contributed by atoms with Crippen LogP contribution < -0.4 is 0 Å². The van der Waals surface area contributed by atoms with Gasteiger partial charge in [0.05, 0.1) is 6.61 Å². The van der Waals surface area contributed by atoms with Gasteiger partial charge >= 0.3 is 11.9 Å². The SMILES string of the molecule is CC/C=C\C/C=C\C/C=C\C/C=C\C/C=C\C/C=C\C/C=C\C/C=C\C/C=C\C/C=C\CCCCC(=O)OC(CO)COC(=O)CCCCCCC/C=C\C/C=C\CCCC. The molecule has 0 aromatic heterocycles. The van der Waals surface area contributed by atoms with Crippen molar-refractivity contribution in [2.45, 2.75) is 180 Å². The molecule has 340 valence electrons. The lowest BCUT2D eigenvalue weighted by Gasteiger charge is -2.15. The first-order valence-electron chi connectivity index (χ1n) is 23.9. The van der Waals surface area contributed by atoms with E-state index in [1.165, 1.54) is 25.7 Å². The molecule has 1 atom stereocenters. The van der Waals surface area contributed by atoms with E-state index in [4.69, 9.17) is 9.47 Å². The smallest absolute Gasteiger partial charge is 0.306 e. The number of hydrogen-bond acceptors (Lipinski definition) is 5.